The van der Waals surface area contributed by atoms with Crippen LogP contribution in [-0.2, 0) is 11.3 Å². The highest BCUT2D eigenvalue weighted by molar-refractivity contribution is 5.93. The molecule has 1 aliphatic heterocycles. The van der Waals surface area contributed by atoms with E-state index in [-0.39, 0.29) is 5.91 Å². The van der Waals surface area contributed by atoms with Crippen LogP contribution in [0.15, 0.2) is 36.9 Å². The molecule has 1 N–H and O–H groups in total. The molecule has 0 aromatic carbocycles. The Morgan fingerprint density at radius 1 is 1.20 bits per heavy atom. The van der Waals surface area contributed by atoms with Crippen molar-refractivity contribution in [2.45, 2.75) is 26.8 Å². The largest absolute Gasteiger partial charge is 0.341 e. The highest BCUT2D eigenvalue weighted by Crippen LogP contribution is 2.28. The van der Waals surface area contributed by atoms with Crippen LogP contribution in [0.1, 0.15) is 17.5 Å². The van der Waals surface area contributed by atoms with Crippen LogP contribution >= 0.6 is 0 Å². The smallest absolute Gasteiger partial charge is 0.242 e. The lowest BCUT2D eigenvalue weighted by Gasteiger charge is -2.31. The topological polar surface area (TPSA) is 63.1 Å². The van der Waals surface area contributed by atoms with Crippen LogP contribution in [0.3, 0.4) is 0 Å². The summed E-state index contributed by atoms with van der Waals surface area (Å²) in [7, 11) is 0. The molecular weight excluding hydrogens is 314 g/mol. The Labute approximate surface area is 146 Å². The first-order valence-electron chi connectivity index (χ1n) is 8.53. The van der Waals surface area contributed by atoms with E-state index < -0.39 is 0 Å². The maximum atomic E-state index is 12.3. The molecule has 0 atom stereocenters. The molecule has 0 radical (unpaired) electrons. The lowest BCUT2D eigenvalue weighted by molar-refractivity contribution is -0.135. The van der Waals surface area contributed by atoms with E-state index in [0.717, 1.165) is 53.0 Å². The molecule has 4 rings (SSSR count). The molecule has 1 amide bonds. The number of carbonyl (C=O) groups is 1. The van der Waals surface area contributed by atoms with E-state index in [1.54, 1.807) is 6.20 Å². The van der Waals surface area contributed by atoms with Crippen LogP contribution in [0, 0.1) is 13.8 Å². The molecule has 128 valence electrons. The van der Waals surface area contributed by atoms with Gasteiger partial charge in [0.25, 0.3) is 0 Å². The fourth-order valence-corrected chi connectivity index (χ4v) is 3.19. The third-order valence-corrected chi connectivity index (χ3v) is 4.78. The second kappa shape index (κ2) is 6.20. The zero-order valence-electron chi connectivity index (χ0n) is 14.5. The van der Waals surface area contributed by atoms with Gasteiger partial charge in [0.05, 0.1) is 5.52 Å². The molecule has 1 saturated heterocycles. The number of nitrogens with one attached hydrogen (secondary N) is 1. The van der Waals surface area contributed by atoms with Gasteiger partial charge in [-0.3, -0.25) is 9.78 Å². The van der Waals surface area contributed by atoms with Crippen LogP contribution in [0.25, 0.3) is 10.9 Å². The maximum Gasteiger partial charge on any atom is 0.242 e. The summed E-state index contributed by atoms with van der Waals surface area (Å²) in [6.45, 7) is 6.19. The highest BCUT2D eigenvalue weighted by atomic mass is 16.2. The van der Waals surface area contributed by atoms with Crippen molar-refractivity contribution in [2.75, 3.05) is 18.4 Å². The van der Waals surface area contributed by atoms with Gasteiger partial charge in [-0.25, -0.2) is 4.98 Å². The molecule has 6 nitrogen and oxygen atoms in total. The first-order chi connectivity index (χ1) is 12.1. The van der Waals surface area contributed by atoms with E-state index in [1.165, 1.54) is 0 Å². The molecule has 0 bridgehead atoms. The van der Waals surface area contributed by atoms with Crippen molar-refractivity contribution in [3.8, 4) is 0 Å². The summed E-state index contributed by atoms with van der Waals surface area (Å²) in [4.78, 5) is 22.9. The Morgan fingerprint density at radius 2 is 1.96 bits per heavy atom. The lowest BCUT2D eigenvalue weighted by Crippen LogP contribution is -2.43. The lowest BCUT2D eigenvalue weighted by atomic mass is 10.1. The SMILES string of the molecule is Cc1cncc(C)c1Nc1nccc2c1ccn2CC(=O)N1CCC1. The van der Waals surface area contributed by atoms with Gasteiger partial charge in [-0.1, -0.05) is 0 Å². The number of fused-ring (bicyclic) bond motifs is 1. The monoisotopic (exact) mass is 335 g/mol. The molecule has 3 aromatic heterocycles. The van der Waals surface area contributed by atoms with Gasteiger partial charge in [-0.05, 0) is 43.5 Å². The summed E-state index contributed by atoms with van der Waals surface area (Å²) in [6, 6.07) is 3.97. The van der Waals surface area contributed by atoms with Crippen molar-refractivity contribution in [2.24, 2.45) is 0 Å². The van der Waals surface area contributed by atoms with Gasteiger partial charge >= 0.3 is 0 Å². The second-order valence-corrected chi connectivity index (χ2v) is 6.54. The normalized spacial score (nSPS) is 13.8. The molecule has 25 heavy (non-hydrogen) atoms. The minimum absolute atomic E-state index is 0.177. The van der Waals surface area contributed by atoms with E-state index in [9.17, 15) is 4.79 Å². The van der Waals surface area contributed by atoms with Crippen molar-refractivity contribution in [1.29, 1.82) is 0 Å². The maximum absolute atomic E-state index is 12.3. The van der Waals surface area contributed by atoms with Gasteiger partial charge in [0.15, 0.2) is 0 Å². The number of nitrogens with zero attached hydrogens (tertiary/aromatic N) is 4. The number of aryl methyl sites for hydroxylation is 2. The summed E-state index contributed by atoms with van der Waals surface area (Å²) < 4.78 is 2.00. The third-order valence-electron chi connectivity index (χ3n) is 4.78. The number of anilines is 2. The van der Waals surface area contributed by atoms with Crippen molar-refractivity contribution in [3.05, 3.63) is 48.0 Å². The van der Waals surface area contributed by atoms with Crippen molar-refractivity contribution < 1.29 is 4.79 Å². The molecule has 1 fully saturated rings. The molecule has 0 saturated carbocycles. The summed E-state index contributed by atoms with van der Waals surface area (Å²) in [5.74, 6) is 0.973. The van der Waals surface area contributed by atoms with Crippen molar-refractivity contribution in [3.63, 3.8) is 0 Å². The van der Waals surface area contributed by atoms with Crippen LogP contribution in [0.5, 0.6) is 0 Å². The van der Waals surface area contributed by atoms with Gasteiger partial charge in [0, 0.05) is 49.0 Å². The Hall–Kier alpha value is -2.89. The van der Waals surface area contributed by atoms with E-state index in [4.69, 9.17) is 0 Å². The van der Waals surface area contributed by atoms with E-state index in [2.05, 4.69) is 15.3 Å². The minimum Gasteiger partial charge on any atom is -0.341 e. The third kappa shape index (κ3) is 2.84. The van der Waals surface area contributed by atoms with Crippen LogP contribution in [0.4, 0.5) is 11.5 Å². The number of aromatic nitrogens is 3. The molecular formula is C19H21N5O. The molecule has 0 spiro atoms. The number of amides is 1. The van der Waals surface area contributed by atoms with Gasteiger partial charge < -0.3 is 14.8 Å². The molecule has 6 heteroatoms. The number of hydrogen-bond acceptors (Lipinski definition) is 4. The molecule has 0 aliphatic carbocycles. The molecule has 4 heterocycles. The summed E-state index contributed by atoms with van der Waals surface area (Å²) >= 11 is 0. The Balaban J connectivity index is 1.66. The van der Waals surface area contributed by atoms with Gasteiger partial charge in [0.1, 0.15) is 12.4 Å². The van der Waals surface area contributed by atoms with Crippen LogP contribution in [-0.4, -0.2) is 38.4 Å². The van der Waals surface area contributed by atoms with E-state index in [1.807, 2.05) is 54.0 Å². The first-order valence-corrected chi connectivity index (χ1v) is 8.53. The van der Waals surface area contributed by atoms with Gasteiger partial charge in [0.2, 0.25) is 5.91 Å². The minimum atomic E-state index is 0.177. The zero-order valence-corrected chi connectivity index (χ0v) is 14.5. The van der Waals surface area contributed by atoms with E-state index in [0.29, 0.717) is 6.54 Å². The molecule has 0 unspecified atom stereocenters. The number of carbonyl (C=O) groups excluding carboxylic acids is 1. The fourth-order valence-electron chi connectivity index (χ4n) is 3.19. The first kappa shape index (κ1) is 15.6. The number of rotatable bonds is 4. The van der Waals surface area contributed by atoms with Crippen LogP contribution < -0.4 is 5.32 Å². The Bertz CT molecular complexity index is 922. The predicted octanol–water partition coefficient (Wildman–Crippen LogP) is 3.02. The summed E-state index contributed by atoms with van der Waals surface area (Å²) in [6.07, 6.45) is 8.53. The molecule has 1 aliphatic rings. The fraction of sp³-hybridized carbons (Fsp3) is 0.316. The average Bonchev–Trinajstić information content (AvgIpc) is 2.93. The zero-order chi connectivity index (χ0) is 17.4. The summed E-state index contributed by atoms with van der Waals surface area (Å²) in [5, 5.41) is 4.44. The Kier molecular flexibility index (Phi) is 3.87. The van der Waals surface area contributed by atoms with Gasteiger partial charge in [-0.15, -0.1) is 0 Å². The average molecular weight is 335 g/mol. The highest BCUT2D eigenvalue weighted by Gasteiger charge is 2.21. The number of hydrogen-bond donors (Lipinski definition) is 1. The Morgan fingerprint density at radius 3 is 2.64 bits per heavy atom. The van der Waals surface area contributed by atoms with E-state index >= 15 is 0 Å². The molecule has 3 aromatic rings. The standard InChI is InChI=1S/C19H21N5O/c1-13-10-20-11-14(2)18(13)22-19-15-5-9-24(16(15)4-6-21-19)12-17(25)23-7-3-8-23/h4-6,9-11H,3,7-8,12H2,1-2H3,(H,20,21,22). The predicted molar refractivity (Wildman–Crippen MR) is 97.9 cm³/mol. The number of likely N-dealkylation sites (tertiary alicyclic amines) is 1. The van der Waals surface area contributed by atoms with Crippen molar-refractivity contribution >= 4 is 28.3 Å². The van der Waals surface area contributed by atoms with Crippen molar-refractivity contribution in [1.82, 2.24) is 19.4 Å². The second-order valence-electron chi connectivity index (χ2n) is 6.54. The number of pyridine rings is 2. The van der Waals surface area contributed by atoms with Gasteiger partial charge in [-0.2, -0.15) is 0 Å². The quantitative estimate of drug-likeness (QED) is 0.796. The summed E-state index contributed by atoms with van der Waals surface area (Å²) in [5.41, 5.74) is 4.19. The van der Waals surface area contributed by atoms with Crippen LogP contribution in [0.2, 0.25) is 0 Å².